The average molecular weight is 356 g/mol. The Balaban J connectivity index is 1.96. The maximum atomic E-state index is 12.1. The van der Waals surface area contributed by atoms with Gasteiger partial charge in [-0.2, -0.15) is 5.26 Å². The van der Waals surface area contributed by atoms with Crippen molar-refractivity contribution < 1.29 is 9.53 Å². The third-order valence-corrected chi connectivity index (χ3v) is 3.68. The molecule has 0 atom stereocenters. The minimum Gasteiger partial charge on any atom is -0.495 e. The minimum atomic E-state index is -0.438. The SMILES string of the molecule is COc1ccc(Cl)cc1N/C=C(/C#N)C(=O)NCCc1ccccc1. The van der Waals surface area contributed by atoms with Crippen molar-refractivity contribution in [3.8, 4) is 11.8 Å². The maximum Gasteiger partial charge on any atom is 0.263 e. The first-order chi connectivity index (χ1) is 12.1. The van der Waals surface area contributed by atoms with Gasteiger partial charge in [0.1, 0.15) is 17.4 Å². The highest BCUT2D eigenvalue weighted by Crippen LogP contribution is 2.27. The highest BCUT2D eigenvalue weighted by atomic mass is 35.5. The molecule has 0 heterocycles. The smallest absolute Gasteiger partial charge is 0.263 e. The number of nitriles is 1. The van der Waals surface area contributed by atoms with Crippen LogP contribution in [0.1, 0.15) is 5.56 Å². The standard InChI is InChI=1S/C19H18ClN3O2/c1-25-18-8-7-16(20)11-17(18)23-13-15(12-21)19(24)22-10-9-14-5-3-2-4-6-14/h2-8,11,13,23H,9-10H2,1H3,(H,22,24)/b15-13-. The van der Waals surface area contributed by atoms with Gasteiger partial charge >= 0.3 is 0 Å². The van der Waals surface area contributed by atoms with Crippen molar-refractivity contribution in [2.75, 3.05) is 19.0 Å². The first-order valence-electron chi connectivity index (χ1n) is 7.66. The number of halogens is 1. The van der Waals surface area contributed by atoms with E-state index in [2.05, 4.69) is 10.6 Å². The van der Waals surface area contributed by atoms with Crippen LogP contribution in [0.5, 0.6) is 5.75 Å². The molecule has 2 rings (SSSR count). The fourth-order valence-corrected chi connectivity index (χ4v) is 2.32. The number of ether oxygens (including phenoxy) is 1. The number of benzene rings is 2. The number of nitrogens with one attached hydrogen (secondary N) is 2. The predicted molar refractivity (Wildman–Crippen MR) is 98.5 cm³/mol. The Labute approximate surface area is 151 Å². The van der Waals surface area contributed by atoms with Crippen molar-refractivity contribution in [3.63, 3.8) is 0 Å². The number of carbonyl (C=O) groups is 1. The summed E-state index contributed by atoms with van der Waals surface area (Å²) in [4.78, 5) is 12.1. The molecule has 0 saturated heterocycles. The fourth-order valence-electron chi connectivity index (χ4n) is 2.15. The van der Waals surface area contributed by atoms with E-state index in [9.17, 15) is 10.1 Å². The largest absolute Gasteiger partial charge is 0.495 e. The zero-order valence-corrected chi connectivity index (χ0v) is 14.5. The van der Waals surface area contributed by atoms with E-state index in [1.54, 1.807) is 18.2 Å². The van der Waals surface area contributed by atoms with Crippen molar-refractivity contribution in [1.82, 2.24) is 5.32 Å². The summed E-state index contributed by atoms with van der Waals surface area (Å²) >= 11 is 5.95. The summed E-state index contributed by atoms with van der Waals surface area (Å²) in [5.41, 5.74) is 1.65. The predicted octanol–water partition coefficient (Wildman–Crippen LogP) is 3.53. The molecule has 0 aromatic heterocycles. The second kappa shape index (κ2) is 9.36. The molecule has 0 aliphatic rings. The Hall–Kier alpha value is -2.97. The van der Waals surface area contributed by atoms with Gasteiger partial charge in [0.15, 0.2) is 0 Å². The monoisotopic (exact) mass is 355 g/mol. The molecule has 0 saturated carbocycles. The summed E-state index contributed by atoms with van der Waals surface area (Å²) in [7, 11) is 1.53. The number of hydrogen-bond acceptors (Lipinski definition) is 4. The van der Waals surface area contributed by atoms with Crippen LogP contribution in [0, 0.1) is 11.3 Å². The molecule has 5 nitrogen and oxygen atoms in total. The number of nitrogens with zero attached hydrogens (tertiary/aromatic N) is 1. The number of carbonyl (C=O) groups excluding carboxylic acids is 1. The normalized spacial score (nSPS) is 10.7. The Morgan fingerprint density at radius 2 is 2.04 bits per heavy atom. The van der Waals surface area contributed by atoms with Crippen LogP contribution in [-0.2, 0) is 11.2 Å². The molecular formula is C19H18ClN3O2. The minimum absolute atomic E-state index is 0.0323. The fraction of sp³-hybridized carbons (Fsp3) is 0.158. The lowest BCUT2D eigenvalue weighted by Crippen LogP contribution is -2.27. The summed E-state index contributed by atoms with van der Waals surface area (Å²) in [6.45, 7) is 0.447. The lowest BCUT2D eigenvalue weighted by Gasteiger charge is -2.09. The Morgan fingerprint density at radius 3 is 2.72 bits per heavy atom. The Morgan fingerprint density at radius 1 is 1.28 bits per heavy atom. The van der Waals surface area contributed by atoms with Gasteiger partial charge in [0.2, 0.25) is 0 Å². The highest BCUT2D eigenvalue weighted by Gasteiger charge is 2.09. The summed E-state index contributed by atoms with van der Waals surface area (Å²) in [6, 6.07) is 16.7. The molecule has 25 heavy (non-hydrogen) atoms. The molecular weight excluding hydrogens is 338 g/mol. The van der Waals surface area contributed by atoms with E-state index in [0.717, 1.165) is 5.56 Å². The van der Waals surface area contributed by atoms with Crippen LogP contribution in [0.15, 0.2) is 60.3 Å². The van der Waals surface area contributed by atoms with Crippen LogP contribution in [0.3, 0.4) is 0 Å². The summed E-state index contributed by atoms with van der Waals surface area (Å²) in [5.74, 6) is 0.120. The molecule has 0 bridgehead atoms. The Bertz CT molecular complexity index is 798. The number of anilines is 1. The average Bonchev–Trinajstić information content (AvgIpc) is 2.63. The van der Waals surface area contributed by atoms with Gasteiger partial charge < -0.3 is 15.4 Å². The number of methoxy groups -OCH3 is 1. The van der Waals surface area contributed by atoms with E-state index < -0.39 is 5.91 Å². The van der Waals surface area contributed by atoms with Crippen molar-refractivity contribution in [2.24, 2.45) is 0 Å². The molecule has 0 fully saturated rings. The quantitative estimate of drug-likeness (QED) is 0.588. The third kappa shape index (κ3) is 5.55. The van der Waals surface area contributed by atoms with Gasteiger partial charge in [-0.3, -0.25) is 4.79 Å². The van der Waals surface area contributed by atoms with Crippen molar-refractivity contribution in [2.45, 2.75) is 6.42 Å². The van der Waals surface area contributed by atoms with Gasteiger partial charge in [0.25, 0.3) is 5.91 Å². The molecule has 1 amide bonds. The van der Waals surface area contributed by atoms with E-state index in [4.69, 9.17) is 16.3 Å². The zero-order chi connectivity index (χ0) is 18.1. The van der Waals surface area contributed by atoms with E-state index in [1.165, 1.54) is 13.3 Å². The van der Waals surface area contributed by atoms with Crippen molar-refractivity contribution in [3.05, 3.63) is 70.9 Å². The van der Waals surface area contributed by atoms with E-state index in [1.807, 2.05) is 36.4 Å². The lowest BCUT2D eigenvalue weighted by molar-refractivity contribution is -0.117. The second-order valence-corrected chi connectivity index (χ2v) is 5.59. The zero-order valence-electron chi connectivity index (χ0n) is 13.8. The number of hydrogen-bond donors (Lipinski definition) is 2. The van der Waals surface area contributed by atoms with Crippen LogP contribution in [0.2, 0.25) is 5.02 Å². The highest BCUT2D eigenvalue weighted by molar-refractivity contribution is 6.30. The number of rotatable bonds is 7. The maximum absolute atomic E-state index is 12.1. The van der Waals surface area contributed by atoms with Gasteiger partial charge in [-0.15, -0.1) is 0 Å². The molecule has 0 spiro atoms. The van der Waals surface area contributed by atoms with Gasteiger partial charge in [-0.1, -0.05) is 41.9 Å². The van der Waals surface area contributed by atoms with Crippen molar-refractivity contribution in [1.29, 1.82) is 5.26 Å². The first kappa shape index (κ1) is 18.4. The van der Waals surface area contributed by atoms with Gasteiger partial charge in [0.05, 0.1) is 12.8 Å². The first-order valence-corrected chi connectivity index (χ1v) is 8.04. The second-order valence-electron chi connectivity index (χ2n) is 5.15. The molecule has 0 aliphatic heterocycles. The molecule has 6 heteroatoms. The molecule has 2 aromatic carbocycles. The third-order valence-electron chi connectivity index (χ3n) is 3.44. The summed E-state index contributed by atoms with van der Waals surface area (Å²) < 4.78 is 5.21. The molecule has 128 valence electrons. The van der Waals surface area contributed by atoms with Crippen LogP contribution in [0.4, 0.5) is 5.69 Å². The topological polar surface area (TPSA) is 74.1 Å². The van der Waals surface area contributed by atoms with Crippen LogP contribution in [-0.4, -0.2) is 19.6 Å². The molecule has 2 N–H and O–H groups in total. The molecule has 2 aromatic rings. The lowest BCUT2D eigenvalue weighted by atomic mass is 10.1. The van der Waals surface area contributed by atoms with E-state index in [-0.39, 0.29) is 5.57 Å². The Kier molecular flexibility index (Phi) is 6.87. The van der Waals surface area contributed by atoms with E-state index in [0.29, 0.717) is 29.4 Å². The molecule has 0 radical (unpaired) electrons. The number of amides is 1. The summed E-state index contributed by atoms with van der Waals surface area (Å²) in [5, 5.41) is 15.3. The van der Waals surface area contributed by atoms with Crippen LogP contribution >= 0.6 is 11.6 Å². The van der Waals surface area contributed by atoms with Crippen molar-refractivity contribution >= 4 is 23.2 Å². The van der Waals surface area contributed by atoms with Gasteiger partial charge in [-0.25, -0.2) is 0 Å². The van der Waals surface area contributed by atoms with Gasteiger partial charge in [0, 0.05) is 17.8 Å². The van der Waals surface area contributed by atoms with Gasteiger partial charge in [-0.05, 0) is 30.2 Å². The van der Waals surface area contributed by atoms with Crippen LogP contribution < -0.4 is 15.4 Å². The van der Waals surface area contributed by atoms with E-state index >= 15 is 0 Å². The summed E-state index contributed by atoms with van der Waals surface area (Å²) in [6.07, 6.45) is 2.03. The molecule has 0 unspecified atom stereocenters. The van der Waals surface area contributed by atoms with Crippen LogP contribution in [0.25, 0.3) is 0 Å². The molecule has 0 aliphatic carbocycles.